The van der Waals surface area contributed by atoms with Crippen LogP contribution in [0.1, 0.15) is 96.8 Å². The maximum absolute atomic E-state index is 6.08. The van der Waals surface area contributed by atoms with Gasteiger partial charge in [0.1, 0.15) is 5.75 Å². The van der Waals surface area contributed by atoms with E-state index in [9.17, 15) is 0 Å². The third kappa shape index (κ3) is 12.6. The molecule has 0 fully saturated rings. The van der Waals surface area contributed by atoms with Gasteiger partial charge in [-0.1, -0.05) is 114 Å². The summed E-state index contributed by atoms with van der Waals surface area (Å²) >= 11 is 12.0. The van der Waals surface area contributed by atoms with Gasteiger partial charge in [0.15, 0.2) is 0 Å². The van der Waals surface area contributed by atoms with Crippen molar-refractivity contribution in [2.75, 3.05) is 6.61 Å². The van der Waals surface area contributed by atoms with Crippen LogP contribution in [0.15, 0.2) is 18.2 Å². The summed E-state index contributed by atoms with van der Waals surface area (Å²) in [4.78, 5) is 0. The summed E-state index contributed by atoms with van der Waals surface area (Å²) in [5.74, 6) is 0.698. The van der Waals surface area contributed by atoms with Crippen molar-refractivity contribution in [3.8, 4) is 5.75 Å². The summed E-state index contributed by atoms with van der Waals surface area (Å²) < 4.78 is 5.71. The lowest BCUT2D eigenvalue weighted by atomic mass is 10.0. The average molecular weight is 387 g/mol. The van der Waals surface area contributed by atoms with Crippen molar-refractivity contribution >= 4 is 23.2 Å². The van der Waals surface area contributed by atoms with E-state index in [-0.39, 0.29) is 0 Å². The maximum Gasteiger partial charge on any atom is 0.139 e. The van der Waals surface area contributed by atoms with Crippen LogP contribution in [0.5, 0.6) is 5.75 Å². The Bertz CT molecular complexity index is 434. The molecule has 0 saturated heterocycles. The van der Waals surface area contributed by atoms with E-state index in [0.717, 1.165) is 13.0 Å². The van der Waals surface area contributed by atoms with Gasteiger partial charge in [0, 0.05) is 11.1 Å². The summed E-state index contributed by atoms with van der Waals surface area (Å²) in [6.07, 6.45) is 19.1. The molecule has 0 radical (unpaired) electrons. The molecule has 1 nitrogen and oxygen atoms in total. The van der Waals surface area contributed by atoms with Gasteiger partial charge in [-0.15, -0.1) is 0 Å². The molecule has 0 aromatic heterocycles. The third-order valence-corrected chi connectivity index (χ3v) is 5.20. The molecule has 1 rings (SSSR count). The number of benzene rings is 1. The van der Waals surface area contributed by atoms with Crippen molar-refractivity contribution in [2.24, 2.45) is 0 Å². The number of hydrogen-bond donors (Lipinski definition) is 0. The van der Waals surface area contributed by atoms with Crippen LogP contribution in [0.25, 0.3) is 0 Å². The van der Waals surface area contributed by atoms with Gasteiger partial charge in [0.05, 0.1) is 11.6 Å². The van der Waals surface area contributed by atoms with Gasteiger partial charge in [0.25, 0.3) is 0 Å². The molecule has 0 atom stereocenters. The highest BCUT2D eigenvalue weighted by molar-refractivity contribution is 6.34. The molecule has 0 spiro atoms. The topological polar surface area (TPSA) is 9.23 Å². The highest BCUT2D eigenvalue weighted by atomic mass is 35.5. The van der Waals surface area contributed by atoms with E-state index in [1.54, 1.807) is 18.2 Å². The molecule has 0 unspecified atom stereocenters. The Morgan fingerprint density at radius 1 is 0.680 bits per heavy atom. The van der Waals surface area contributed by atoms with Crippen LogP contribution >= 0.6 is 23.2 Å². The van der Waals surface area contributed by atoms with E-state index in [1.807, 2.05) is 0 Å². The minimum Gasteiger partial charge on any atom is -0.492 e. The van der Waals surface area contributed by atoms with E-state index in [0.29, 0.717) is 15.8 Å². The highest BCUT2D eigenvalue weighted by Gasteiger charge is 2.02. The lowest BCUT2D eigenvalue weighted by Crippen LogP contribution is -1.97. The number of unbranched alkanes of at least 4 members (excludes halogenated alkanes) is 13. The molecular formula is C22H36Cl2O. The zero-order valence-corrected chi connectivity index (χ0v) is 17.5. The van der Waals surface area contributed by atoms with Crippen molar-refractivity contribution < 1.29 is 4.74 Å². The Labute approximate surface area is 165 Å². The van der Waals surface area contributed by atoms with E-state index >= 15 is 0 Å². The average Bonchev–Trinajstić information content (AvgIpc) is 2.61. The van der Waals surface area contributed by atoms with Crippen molar-refractivity contribution in [3.05, 3.63) is 28.2 Å². The van der Waals surface area contributed by atoms with E-state index in [2.05, 4.69) is 6.92 Å². The quantitative estimate of drug-likeness (QED) is 0.257. The SMILES string of the molecule is CCCCCCCCCCCCCCCCOc1cc(Cl)ccc1Cl. The maximum atomic E-state index is 6.08. The molecule has 0 aliphatic rings. The van der Waals surface area contributed by atoms with Crippen molar-refractivity contribution in [2.45, 2.75) is 96.8 Å². The minimum absolute atomic E-state index is 0.634. The van der Waals surface area contributed by atoms with Gasteiger partial charge in [-0.3, -0.25) is 0 Å². The van der Waals surface area contributed by atoms with Crippen LogP contribution in [0.2, 0.25) is 10.0 Å². The zero-order chi connectivity index (χ0) is 18.2. The predicted molar refractivity (Wildman–Crippen MR) is 112 cm³/mol. The van der Waals surface area contributed by atoms with Crippen LogP contribution in [0.3, 0.4) is 0 Å². The van der Waals surface area contributed by atoms with E-state index in [4.69, 9.17) is 27.9 Å². The van der Waals surface area contributed by atoms with Crippen LogP contribution in [-0.4, -0.2) is 6.61 Å². The molecule has 0 N–H and O–H groups in total. The van der Waals surface area contributed by atoms with Gasteiger partial charge in [-0.05, 0) is 18.6 Å². The second kappa shape index (κ2) is 15.8. The predicted octanol–water partition coefficient (Wildman–Crippen LogP) is 8.85. The molecule has 1 aromatic carbocycles. The Kier molecular flexibility index (Phi) is 14.3. The lowest BCUT2D eigenvalue weighted by Gasteiger charge is -2.08. The van der Waals surface area contributed by atoms with Crippen LogP contribution in [-0.2, 0) is 0 Å². The van der Waals surface area contributed by atoms with Gasteiger partial charge in [-0.2, -0.15) is 0 Å². The third-order valence-electron chi connectivity index (χ3n) is 4.65. The Morgan fingerprint density at radius 2 is 1.16 bits per heavy atom. The van der Waals surface area contributed by atoms with Crippen molar-refractivity contribution in [3.63, 3.8) is 0 Å². The molecule has 0 amide bonds. The monoisotopic (exact) mass is 386 g/mol. The van der Waals surface area contributed by atoms with Gasteiger partial charge < -0.3 is 4.74 Å². The van der Waals surface area contributed by atoms with E-state index < -0.39 is 0 Å². The van der Waals surface area contributed by atoms with Crippen LogP contribution in [0.4, 0.5) is 0 Å². The first-order valence-electron chi connectivity index (χ1n) is 10.3. The fourth-order valence-electron chi connectivity index (χ4n) is 3.07. The first kappa shape index (κ1) is 22.6. The number of ether oxygens (including phenoxy) is 1. The summed E-state index contributed by atoms with van der Waals surface area (Å²) in [6.45, 7) is 3.00. The smallest absolute Gasteiger partial charge is 0.139 e. The number of halogens is 2. The van der Waals surface area contributed by atoms with Crippen LogP contribution in [0, 0.1) is 0 Å². The molecule has 1 aromatic rings. The summed E-state index contributed by atoms with van der Waals surface area (Å²) in [6, 6.07) is 5.35. The zero-order valence-electron chi connectivity index (χ0n) is 16.0. The summed E-state index contributed by atoms with van der Waals surface area (Å²) in [5.41, 5.74) is 0. The first-order valence-corrected chi connectivity index (χ1v) is 11.1. The number of rotatable bonds is 16. The standard InChI is InChI=1S/C22H36Cl2O/c1-2-3-4-5-6-7-8-9-10-11-12-13-14-15-18-25-22-19-20(23)16-17-21(22)24/h16-17,19H,2-15,18H2,1H3. The Hall–Kier alpha value is -0.400. The minimum atomic E-state index is 0.634. The van der Waals surface area contributed by atoms with Crippen LogP contribution < -0.4 is 4.74 Å². The van der Waals surface area contributed by atoms with E-state index in [1.165, 1.54) is 83.5 Å². The van der Waals surface area contributed by atoms with Crippen molar-refractivity contribution in [1.82, 2.24) is 0 Å². The Morgan fingerprint density at radius 3 is 1.68 bits per heavy atom. The first-order chi connectivity index (χ1) is 12.2. The van der Waals surface area contributed by atoms with Gasteiger partial charge in [-0.25, -0.2) is 0 Å². The molecule has 0 saturated carbocycles. The molecular weight excluding hydrogens is 351 g/mol. The summed E-state index contributed by atoms with van der Waals surface area (Å²) in [5, 5.41) is 1.30. The summed E-state index contributed by atoms with van der Waals surface area (Å²) in [7, 11) is 0. The van der Waals surface area contributed by atoms with Crippen molar-refractivity contribution in [1.29, 1.82) is 0 Å². The molecule has 25 heavy (non-hydrogen) atoms. The molecule has 3 heteroatoms. The molecule has 0 bridgehead atoms. The molecule has 0 aliphatic carbocycles. The normalized spacial score (nSPS) is 11.0. The van der Waals surface area contributed by atoms with Gasteiger partial charge >= 0.3 is 0 Å². The Balaban J connectivity index is 1.82. The molecule has 144 valence electrons. The number of hydrogen-bond acceptors (Lipinski definition) is 1. The highest BCUT2D eigenvalue weighted by Crippen LogP contribution is 2.27. The second-order valence-electron chi connectivity index (χ2n) is 7.02. The molecule has 0 aliphatic heterocycles. The fourth-order valence-corrected chi connectivity index (χ4v) is 3.40. The molecule has 0 heterocycles. The largest absolute Gasteiger partial charge is 0.492 e. The lowest BCUT2D eigenvalue weighted by molar-refractivity contribution is 0.304. The fraction of sp³-hybridized carbons (Fsp3) is 0.727. The second-order valence-corrected chi connectivity index (χ2v) is 7.86. The van der Waals surface area contributed by atoms with Gasteiger partial charge in [0.2, 0.25) is 0 Å².